The first-order valence-electron chi connectivity index (χ1n) is 7.85. The number of fused-ring (bicyclic) bond motifs is 2. The number of carbonyl (C=O) groups excluding carboxylic acids is 1. The molecule has 2 aliphatic heterocycles. The van der Waals surface area contributed by atoms with Crippen molar-refractivity contribution in [3.63, 3.8) is 0 Å². The number of hydrogen-bond acceptors (Lipinski definition) is 2. The smallest absolute Gasteiger partial charge is 0.220 e. The first-order valence-corrected chi connectivity index (χ1v) is 7.85. The fourth-order valence-electron chi connectivity index (χ4n) is 4.14. The van der Waals surface area contributed by atoms with E-state index >= 15 is 0 Å². The lowest BCUT2D eigenvalue weighted by Gasteiger charge is -2.29. The number of hydrogen-bond donors (Lipinski definition) is 2. The van der Waals surface area contributed by atoms with Crippen molar-refractivity contribution in [2.45, 2.75) is 82.3 Å². The minimum atomic E-state index is 0. The third-order valence-corrected chi connectivity index (χ3v) is 5.02. The lowest BCUT2D eigenvalue weighted by Crippen LogP contribution is -2.41. The van der Waals surface area contributed by atoms with Gasteiger partial charge in [-0.3, -0.25) is 4.79 Å². The molecule has 3 rings (SSSR count). The molecule has 2 N–H and O–H groups in total. The zero-order valence-corrected chi connectivity index (χ0v) is 12.5. The third kappa shape index (κ3) is 4.09. The second-order valence-electron chi connectivity index (χ2n) is 6.58. The van der Waals surface area contributed by atoms with Crippen molar-refractivity contribution in [2.24, 2.45) is 5.92 Å². The maximum absolute atomic E-state index is 12.1. The summed E-state index contributed by atoms with van der Waals surface area (Å²) in [6.07, 6.45) is 12.2. The molecule has 0 aromatic rings. The van der Waals surface area contributed by atoms with Crippen LogP contribution in [0.25, 0.3) is 0 Å². The molecule has 3 aliphatic rings. The first kappa shape index (κ1) is 15.1. The molecular formula is C15H27ClN2O. The number of piperidine rings is 1. The minimum Gasteiger partial charge on any atom is -0.353 e. The molecule has 0 aromatic carbocycles. The van der Waals surface area contributed by atoms with E-state index < -0.39 is 0 Å². The lowest BCUT2D eigenvalue weighted by molar-refractivity contribution is -0.123. The summed E-state index contributed by atoms with van der Waals surface area (Å²) in [7, 11) is 0. The van der Waals surface area contributed by atoms with E-state index in [1.165, 1.54) is 57.8 Å². The number of carbonyl (C=O) groups is 1. The van der Waals surface area contributed by atoms with Crippen LogP contribution in [0.3, 0.4) is 0 Å². The van der Waals surface area contributed by atoms with Crippen LogP contribution in [-0.4, -0.2) is 24.0 Å². The van der Waals surface area contributed by atoms with Crippen molar-refractivity contribution in [1.29, 1.82) is 0 Å². The molecule has 0 radical (unpaired) electrons. The Morgan fingerprint density at radius 3 is 2.26 bits per heavy atom. The van der Waals surface area contributed by atoms with Crippen LogP contribution >= 0.6 is 12.4 Å². The fraction of sp³-hybridized carbons (Fsp3) is 0.933. The Labute approximate surface area is 122 Å². The fourth-order valence-corrected chi connectivity index (χ4v) is 4.14. The zero-order valence-electron chi connectivity index (χ0n) is 11.7. The summed E-state index contributed by atoms with van der Waals surface area (Å²) < 4.78 is 0. The molecule has 2 atom stereocenters. The Bertz CT molecular complexity index is 293. The van der Waals surface area contributed by atoms with Crippen LogP contribution in [-0.2, 0) is 4.79 Å². The SMILES string of the molecule is Cl.O=C(CC1CC2CCC(C1)N2)NC1CCCCC1. The van der Waals surface area contributed by atoms with Crippen molar-refractivity contribution in [3.05, 3.63) is 0 Å². The molecule has 1 amide bonds. The van der Waals surface area contributed by atoms with Crippen LogP contribution in [0.4, 0.5) is 0 Å². The molecule has 2 heterocycles. The van der Waals surface area contributed by atoms with Crippen molar-refractivity contribution >= 4 is 18.3 Å². The molecule has 2 saturated heterocycles. The summed E-state index contributed by atoms with van der Waals surface area (Å²) >= 11 is 0. The maximum atomic E-state index is 12.1. The van der Waals surface area contributed by atoms with Crippen LogP contribution in [0.2, 0.25) is 0 Å². The van der Waals surface area contributed by atoms with E-state index in [0.717, 1.165) is 6.42 Å². The van der Waals surface area contributed by atoms with Crippen LogP contribution in [0.1, 0.15) is 64.2 Å². The summed E-state index contributed by atoms with van der Waals surface area (Å²) in [5.41, 5.74) is 0. The molecule has 0 spiro atoms. The molecule has 110 valence electrons. The monoisotopic (exact) mass is 286 g/mol. The zero-order chi connectivity index (χ0) is 12.4. The van der Waals surface area contributed by atoms with Gasteiger partial charge in [0.1, 0.15) is 0 Å². The topological polar surface area (TPSA) is 41.1 Å². The van der Waals surface area contributed by atoms with E-state index in [4.69, 9.17) is 0 Å². The second-order valence-corrected chi connectivity index (χ2v) is 6.58. The van der Waals surface area contributed by atoms with Gasteiger partial charge in [0.15, 0.2) is 0 Å². The van der Waals surface area contributed by atoms with Gasteiger partial charge in [-0.25, -0.2) is 0 Å². The molecule has 2 bridgehead atoms. The van der Waals surface area contributed by atoms with Crippen molar-refractivity contribution in [1.82, 2.24) is 10.6 Å². The van der Waals surface area contributed by atoms with E-state index in [1.54, 1.807) is 0 Å². The molecule has 1 saturated carbocycles. The predicted molar refractivity (Wildman–Crippen MR) is 79.6 cm³/mol. The first-order chi connectivity index (χ1) is 8.79. The maximum Gasteiger partial charge on any atom is 0.220 e. The van der Waals surface area contributed by atoms with Gasteiger partial charge in [0.25, 0.3) is 0 Å². The van der Waals surface area contributed by atoms with E-state index in [0.29, 0.717) is 30.0 Å². The summed E-state index contributed by atoms with van der Waals surface area (Å²) in [6, 6.07) is 1.89. The molecule has 3 fully saturated rings. The summed E-state index contributed by atoms with van der Waals surface area (Å²) in [4.78, 5) is 12.1. The summed E-state index contributed by atoms with van der Waals surface area (Å²) in [5.74, 6) is 0.945. The van der Waals surface area contributed by atoms with Crippen LogP contribution in [0.15, 0.2) is 0 Å². The number of halogens is 1. The minimum absolute atomic E-state index is 0. The van der Waals surface area contributed by atoms with Gasteiger partial charge in [-0.15, -0.1) is 12.4 Å². The molecule has 19 heavy (non-hydrogen) atoms. The molecule has 1 aliphatic carbocycles. The van der Waals surface area contributed by atoms with Crippen LogP contribution < -0.4 is 10.6 Å². The number of amides is 1. The summed E-state index contributed by atoms with van der Waals surface area (Å²) in [6.45, 7) is 0. The Hall–Kier alpha value is -0.280. The Morgan fingerprint density at radius 2 is 1.63 bits per heavy atom. The van der Waals surface area contributed by atoms with E-state index in [1.807, 2.05) is 0 Å². The number of nitrogens with one attached hydrogen (secondary N) is 2. The largest absolute Gasteiger partial charge is 0.353 e. The van der Waals surface area contributed by atoms with Crippen molar-refractivity contribution in [3.8, 4) is 0 Å². The average molecular weight is 287 g/mol. The lowest BCUT2D eigenvalue weighted by atomic mass is 9.89. The van der Waals surface area contributed by atoms with Crippen molar-refractivity contribution < 1.29 is 4.79 Å². The van der Waals surface area contributed by atoms with Gasteiger partial charge in [-0.1, -0.05) is 19.3 Å². The quantitative estimate of drug-likeness (QED) is 0.838. The Kier molecular flexibility index (Phi) is 5.52. The summed E-state index contributed by atoms with van der Waals surface area (Å²) in [5, 5.41) is 6.90. The molecule has 2 unspecified atom stereocenters. The second kappa shape index (κ2) is 6.94. The van der Waals surface area contributed by atoms with Gasteiger partial charge in [0, 0.05) is 24.5 Å². The predicted octanol–water partition coefficient (Wildman–Crippen LogP) is 2.78. The van der Waals surface area contributed by atoms with Gasteiger partial charge in [-0.05, 0) is 44.4 Å². The van der Waals surface area contributed by atoms with Gasteiger partial charge in [-0.2, -0.15) is 0 Å². The molecule has 0 aromatic heterocycles. The average Bonchev–Trinajstić information content (AvgIpc) is 2.70. The van der Waals surface area contributed by atoms with Gasteiger partial charge < -0.3 is 10.6 Å². The highest BCUT2D eigenvalue weighted by Gasteiger charge is 2.34. The van der Waals surface area contributed by atoms with Crippen molar-refractivity contribution in [2.75, 3.05) is 0 Å². The standard InChI is InChI=1S/C15H26N2O.ClH/c18-15(17-12-4-2-1-3-5-12)10-11-8-13-6-7-14(9-11)16-13;/h11-14,16H,1-10H2,(H,17,18);1H. The third-order valence-electron chi connectivity index (χ3n) is 5.02. The van der Waals surface area contributed by atoms with Gasteiger partial charge in [0.05, 0.1) is 0 Å². The van der Waals surface area contributed by atoms with Gasteiger partial charge >= 0.3 is 0 Å². The van der Waals surface area contributed by atoms with Crippen LogP contribution in [0.5, 0.6) is 0 Å². The normalized spacial score (nSPS) is 34.6. The highest BCUT2D eigenvalue weighted by molar-refractivity contribution is 5.85. The Morgan fingerprint density at radius 1 is 1.00 bits per heavy atom. The Balaban J connectivity index is 0.00000133. The van der Waals surface area contributed by atoms with Gasteiger partial charge in [0.2, 0.25) is 5.91 Å². The van der Waals surface area contributed by atoms with E-state index in [-0.39, 0.29) is 12.4 Å². The molecule has 3 nitrogen and oxygen atoms in total. The van der Waals surface area contributed by atoms with E-state index in [9.17, 15) is 4.79 Å². The molecular weight excluding hydrogens is 260 g/mol. The highest BCUT2D eigenvalue weighted by Crippen LogP contribution is 2.32. The highest BCUT2D eigenvalue weighted by atomic mass is 35.5. The number of rotatable bonds is 3. The molecule has 4 heteroatoms. The van der Waals surface area contributed by atoms with E-state index in [2.05, 4.69) is 10.6 Å². The van der Waals surface area contributed by atoms with Crippen LogP contribution in [0, 0.1) is 5.92 Å².